The van der Waals surface area contributed by atoms with Gasteiger partial charge in [0.2, 0.25) is 0 Å². The molecule has 5 heteroatoms. The highest BCUT2D eigenvalue weighted by Gasteiger charge is 2.69. The van der Waals surface area contributed by atoms with Crippen molar-refractivity contribution in [1.82, 2.24) is 0 Å². The number of hydrogen-bond donors (Lipinski definition) is 0. The number of rotatable bonds is 1. The quantitative estimate of drug-likeness (QED) is 0.469. The van der Waals surface area contributed by atoms with Crippen LogP contribution in [0.1, 0.15) is 92.4 Å². The third-order valence-electron chi connectivity index (χ3n) is 12.1. The Morgan fingerprint density at radius 1 is 1.03 bits per heavy atom. The lowest BCUT2D eigenvalue weighted by atomic mass is 9.44. The van der Waals surface area contributed by atoms with Crippen molar-refractivity contribution in [2.75, 3.05) is 6.61 Å². The Hall–Kier alpha value is -0.940. The molecule has 12 atom stereocenters. The van der Waals surface area contributed by atoms with Crippen molar-refractivity contribution < 1.29 is 23.8 Å². The van der Waals surface area contributed by atoms with E-state index in [1.807, 2.05) is 0 Å². The first-order chi connectivity index (χ1) is 16.1. The minimum absolute atomic E-state index is 0.0896. The van der Waals surface area contributed by atoms with Crippen LogP contribution in [0.15, 0.2) is 0 Å². The van der Waals surface area contributed by atoms with Crippen LogP contribution in [0.5, 0.6) is 0 Å². The summed E-state index contributed by atoms with van der Waals surface area (Å²) >= 11 is 0. The minimum Gasteiger partial charge on any atom is -0.455 e. The number of carbonyl (C=O) groups excluding carboxylic acids is 2. The lowest BCUT2D eigenvalue weighted by Gasteiger charge is -2.61. The highest BCUT2D eigenvalue weighted by Crippen LogP contribution is 2.71. The molecule has 190 valence electrons. The lowest BCUT2D eigenvalue weighted by Crippen LogP contribution is -2.57. The highest BCUT2D eigenvalue weighted by atomic mass is 16.7. The second-order valence-electron chi connectivity index (χ2n) is 13.6. The Morgan fingerprint density at radius 3 is 2.53 bits per heavy atom. The molecule has 4 saturated carbocycles. The number of hydrogen-bond acceptors (Lipinski definition) is 5. The maximum Gasteiger partial charge on any atom is 0.303 e. The second-order valence-corrected chi connectivity index (χ2v) is 13.6. The van der Waals surface area contributed by atoms with E-state index >= 15 is 0 Å². The van der Waals surface area contributed by atoms with Crippen molar-refractivity contribution in [2.45, 2.75) is 110 Å². The van der Waals surface area contributed by atoms with Gasteiger partial charge in [-0.15, -0.1) is 0 Å². The van der Waals surface area contributed by atoms with Gasteiger partial charge < -0.3 is 14.2 Å². The Bertz CT molecular complexity index is 861. The van der Waals surface area contributed by atoms with Gasteiger partial charge in [-0.2, -0.15) is 0 Å². The van der Waals surface area contributed by atoms with Crippen molar-refractivity contribution in [3.05, 3.63) is 0 Å². The molecule has 3 unspecified atom stereocenters. The summed E-state index contributed by atoms with van der Waals surface area (Å²) in [7, 11) is 0. The third-order valence-corrected chi connectivity index (χ3v) is 12.1. The van der Waals surface area contributed by atoms with Gasteiger partial charge in [0.05, 0.1) is 12.7 Å². The van der Waals surface area contributed by atoms with Gasteiger partial charge in [0.25, 0.3) is 0 Å². The van der Waals surface area contributed by atoms with Gasteiger partial charge in [0.1, 0.15) is 0 Å². The lowest BCUT2D eigenvalue weighted by molar-refractivity contribution is -0.273. The predicted octanol–water partition coefficient (Wildman–Crippen LogP) is 5.54. The Kier molecular flexibility index (Phi) is 5.37. The predicted molar refractivity (Wildman–Crippen MR) is 128 cm³/mol. The van der Waals surface area contributed by atoms with Crippen LogP contribution in [0.4, 0.5) is 0 Å². The molecular formula is C29H44O5. The third kappa shape index (κ3) is 3.17. The largest absolute Gasteiger partial charge is 0.455 e. The molecule has 0 N–H and O–H groups in total. The van der Waals surface area contributed by atoms with Crippen LogP contribution < -0.4 is 0 Å². The summed E-state index contributed by atoms with van der Waals surface area (Å²) < 4.78 is 18.9. The first-order valence-corrected chi connectivity index (χ1v) is 14.1. The fourth-order valence-electron chi connectivity index (χ4n) is 10.4. The average Bonchev–Trinajstić information content (AvgIpc) is 3.21. The molecular weight excluding hydrogens is 428 g/mol. The Labute approximate surface area is 205 Å². The van der Waals surface area contributed by atoms with E-state index in [9.17, 15) is 9.59 Å². The summed E-state index contributed by atoms with van der Waals surface area (Å²) in [5.41, 5.74) is 0.399. The smallest absolute Gasteiger partial charge is 0.303 e. The molecule has 2 aliphatic heterocycles. The molecule has 0 aromatic carbocycles. The van der Waals surface area contributed by atoms with E-state index in [-0.39, 0.29) is 23.0 Å². The summed E-state index contributed by atoms with van der Waals surface area (Å²) in [6.45, 7) is 11.9. The monoisotopic (exact) mass is 472 g/mol. The molecule has 0 bridgehead atoms. The number of Topliss-reactive ketones (excluding diaryl/α,β-unsaturated/α-hetero) is 1. The van der Waals surface area contributed by atoms with E-state index in [0.717, 1.165) is 25.9 Å². The summed E-state index contributed by atoms with van der Waals surface area (Å²) in [6, 6.07) is 0. The van der Waals surface area contributed by atoms with Crippen LogP contribution >= 0.6 is 0 Å². The SMILES string of the molecule is CC(=O)O[C@@H]1C[C@]2(C)C3CC[C@@]4(C)C(C[C@@H]5O[C@@]6(CC[C@H](C)CO6)[C@@H](C)[C@@H]54)C3CC[C@H]2CC1=O. The van der Waals surface area contributed by atoms with E-state index in [4.69, 9.17) is 14.2 Å². The molecule has 6 rings (SSSR count). The van der Waals surface area contributed by atoms with Crippen LogP contribution in [0, 0.1) is 52.3 Å². The second kappa shape index (κ2) is 7.78. The molecule has 2 heterocycles. The van der Waals surface area contributed by atoms with Crippen LogP contribution in [0.2, 0.25) is 0 Å². The van der Waals surface area contributed by atoms with Crippen molar-refractivity contribution in [2.24, 2.45) is 52.3 Å². The molecule has 4 aliphatic carbocycles. The summed E-state index contributed by atoms with van der Waals surface area (Å²) in [6.07, 6.45) is 9.35. The molecule has 1 spiro atoms. The van der Waals surface area contributed by atoms with E-state index in [1.165, 1.54) is 39.0 Å². The zero-order valence-corrected chi connectivity index (χ0v) is 21.8. The van der Waals surface area contributed by atoms with Gasteiger partial charge in [-0.1, -0.05) is 27.7 Å². The Balaban J connectivity index is 1.25. The zero-order valence-electron chi connectivity index (χ0n) is 21.8. The van der Waals surface area contributed by atoms with E-state index in [2.05, 4.69) is 27.7 Å². The van der Waals surface area contributed by atoms with Crippen molar-refractivity contribution in [1.29, 1.82) is 0 Å². The van der Waals surface area contributed by atoms with Crippen LogP contribution in [0.25, 0.3) is 0 Å². The fraction of sp³-hybridized carbons (Fsp3) is 0.931. The van der Waals surface area contributed by atoms with Crippen LogP contribution in [-0.2, 0) is 23.8 Å². The molecule has 0 radical (unpaired) electrons. The summed E-state index contributed by atoms with van der Waals surface area (Å²) in [4.78, 5) is 24.4. The van der Waals surface area contributed by atoms with Gasteiger partial charge in [-0.3, -0.25) is 9.59 Å². The number of ether oxygens (including phenoxy) is 3. The van der Waals surface area contributed by atoms with Gasteiger partial charge in [0, 0.05) is 25.7 Å². The normalized spacial score (nSPS) is 56.4. The van der Waals surface area contributed by atoms with Crippen molar-refractivity contribution in [3.63, 3.8) is 0 Å². The fourth-order valence-corrected chi connectivity index (χ4v) is 10.4. The maximum absolute atomic E-state index is 12.8. The Morgan fingerprint density at radius 2 is 1.82 bits per heavy atom. The molecule has 0 aromatic rings. The number of ketones is 1. The topological polar surface area (TPSA) is 61.8 Å². The van der Waals surface area contributed by atoms with E-state index in [1.54, 1.807) is 0 Å². The van der Waals surface area contributed by atoms with Crippen molar-refractivity contribution in [3.8, 4) is 0 Å². The minimum atomic E-state index is -0.539. The average molecular weight is 473 g/mol. The van der Waals surface area contributed by atoms with E-state index in [0.29, 0.717) is 59.4 Å². The van der Waals surface area contributed by atoms with E-state index < -0.39 is 6.10 Å². The van der Waals surface area contributed by atoms with Gasteiger partial charge >= 0.3 is 5.97 Å². The first-order valence-electron chi connectivity index (χ1n) is 14.1. The number of esters is 1. The molecule has 6 fully saturated rings. The van der Waals surface area contributed by atoms with Crippen LogP contribution in [0.3, 0.4) is 0 Å². The van der Waals surface area contributed by atoms with Gasteiger partial charge in [-0.25, -0.2) is 0 Å². The van der Waals surface area contributed by atoms with Gasteiger partial charge in [0.15, 0.2) is 17.7 Å². The molecule has 0 amide bonds. The molecule has 34 heavy (non-hydrogen) atoms. The molecule has 5 nitrogen and oxygen atoms in total. The maximum atomic E-state index is 12.8. The van der Waals surface area contributed by atoms with Crippen LogP contribution in [-0.4, -0.2) is 36.4 Å². The summed E-state index contributed by atoms with van der Waals surface area (Å²) in [5, 5.41) is 0. The number of fused-ring (bicyclic) bond motifs is 7. The number of carbonyl (C=O) groups is 2. The molecule has 0 aromatic heterocycles. The molecule has 2 saturated heterocycles. The standard InChI is InChI=1S/C29H44O5/c1-16-8-11-29(32-15-16)17(2)26-24(34-29)13-22-20-7-6-19-12-23(31)25(33-18(3)30)14-28(19,5)21(20)9-10-27(22,26)4/h16-17,19-22,24-26H,6-15H2,1-5H3/t16-,17-,19-,20?,21?,22?,24-,25+,26-,27-,28-,29-/m0/s1. The van der Waals surface area contributed by atoms with Crippen molar-refractivity contribution >= 4 is 11.8 Å². The van der Waals surface area contributed by atoms with Gasteiger partial charge in [-0.05, 0) is 91.3 Å². The zero-order chi connectivity index (χ0) is 24.0. The highest BCUT2D eigenvalue weighted by molar-refractivity contribution is 5.86. The first kappa shape index (κ1) is 23.5. The molecule has 6 aliphatic rings. The summed E-state index contributed by atoms with van der Waals surface area (Å²) in [5.74, 6) is 3.56.